The monoisotopic (exact) mass is 266 g/mol. The van der Waals surface area contributed by atoms with Crippen LogP contribution in [0.4, 0.5) is 0 Å². The van der Waals surface area contributed by atoms with E-state index in [0.29, 0.717) is 0 Å². The second-order valence-electron chi connectivity index (χ2n) is 5.34. The van der Waals surface area contributed by atoms with Crippen LogP contribution in [0, 0.1) is 5.92 Å². The van der Waals surface area contributed by atoms with Crippen molar-refractivity contribution in [2.75, 3.05) is 32.7 Å². The molecule has 18 heavy (non-hydrogen) atoms. The molecule has 0 saturated carbocycles. The average Bonchev–Trinajstić information content (AvgIpc) is 2.90. The van der Waals surface area contributed by atoms with Crippen molar-refractivity contribution < 1.29 is 0 Å². The molecule has 1 aromatic rings. The predicted molar refractivity (Wildman–Crippen MR) is 80.3 cm³/mol. The van der Waals surface area contributed by atoms with Gasteiger partial charge in [0.05, 0.1) is 0 Å². The van der Waals surface area contributed by atoms with Crippen molar-refractivity contribution in [3.05, 3.63) is 22.4 Å². The highest BCUT2D eigenvalue weighted by atomic mass is 32.1. The van der Waals surface area contributed by atoms with Crippen LogP contribution in [0.15, 0.2) is 17.5 Å². The molecule has 0 amide bonds. The number of piperidine rings is 1. The van der Waals surface area contributed by atoms with Gasteiger partial charge in [0, 0.05) is 18.0 Å². The smallest absolute Gasteiger partial charge is 0.00579 e. The van der Waals surface area contributed by atoms with Crippen molar-refractivity contribution in [2.24, 2.45) is 5.92 Å². The lowest BCUT2D eigenvalue weighted by Crippen LogP contribution is -2.40. The lowest BCUT2D eigenvalue weighted by Gasteiger charge is -2.32. The summed E-state index contributed by atoms with van der Waals surface area (Å²) in [5.74, 6) is 0.869. The molecule has 0 bridgehead atoms. The van der Waals surface area contributed by atoms with Crippen LogP contribution in [0.5, 0.6) is 0 Å². The summed E-state index contributed by atoms with van der Waals surface area (Å²) < 4.78 is 0. The van der Waals surface area contributed by atoms with Crippen molar-refractivity contribution in [1.29, 1.82) is 0 Å². The maximum Gasteiger partial charge on any atom is 0.00579 e. The normalized spacial score (nSPS) is 21.3. The Kier molecular flexibility index (Phi) is 6.18. The SMILES string of the molecule is CCCNCC1CCCN(CCc2cccs2)C1. The Morgan fingerprint density at radius 2 is 2.44 bits per heavy atom. The third-order valence-corrected chi connectivity index (χ3v) is 4.65. The fraction of sp³-hybridized carbons (Fsp3) is 0.733. The van der Waals surface area contributed by atoms with Crippen molar-refractivity contribution in [3.8, 4) is 0 Å². The van der Waals surface area contributed by atoms with Crippen LogP contribution < -0.4 is 5.32 Å². The Labute approximate surface area is 115 Å². The summed E-state index contributed by atoms with van der Waals surface area (Å²) >= 11 is 1.89. The fourth-order valence-electron chi connectivity index (χ4n) is 2.73. The molecule has 3 heteroatoms. The van der Waals surface area contributed by atoms with E-state index < -0.39 is 0 Å². The van der Waals surface area contributed by atoms with E-state index in [2.05, 4.69) is 34.7 Å². The summed E-state index contributed by atoms with van der Waals surface area (Å²) in [6.07, 6.45) is 5.26. The highest BCUT2D eigenvalue weighted by Crippen LogP contribution is 2.17. The molecule has 2 heterocycles. The third kappa shape index (κ3) is 4.71. The van der Waals surface area contributed by atoms with Crippen LogP contribution in [-0.2, 0) is 6.42 Å². The molecule has 1 unspecified atom stereocenters. The van der Waals surface area contributed by atoms with Crippen molar-refractivity contribution in [1.82, 2.24) is 10.2 Å². The van der Waals surface area contributed by atoms with Gasteiger partial charge in [-0.3, -0.25) is 0 Å². The Morgan fingerprint density at radius 3 is 3.22 bits per heavy atom. The molecule has 0 radical (unpaired) electrons. The largest absolute Gasteiger partial charge is 0.316 e. The zero-order chi connectivity index (χ0) is 12.6. The second kappa shape index (κ2) is 7.93. The van der Waals surface area contributed by atoms with Gasteiger partial charge in [0.1, 0.15) is 0 Å². The minimum Gasteiger partial charge on any atom is -0.316 e. The van der Waals surface area contributed by atoms with E-state index in [-0.39, 0.29) is 0 Å². The van der Waals surface area contributed by atoms with E-state index in [4.69, 9.17) is 0 Å². The molecule has 0 spiro atoms. The van der Waals surface area contributed by atoms with Gasteiger partial charge in [0.25, 0.3) is 0 Å². The number of rotatable bonds is 7. The summed E-state index contributed by atoms with van der Waals surface area (Å²) in [7, 11) is 0. The molecule has 2 nitrogen and oxygen atoms in total. The van der Waals surface area contributed by atoms with Gasteiger partial charge in [0.2, 0.25) is 0 Å². The van der Waals surface area contributed by atoms with E-state index in [1.165, 1.54) is 63.3 Å². The van der Waals surface area contributed by atoms with E-state index in [0.717, 1.165) is 5.92 Å². The quantitative estimate of drug-likeness (QED) is 0.763. The number of thiophene rings is 1. The predicted octanol–water partition coefficient (Wildman–Crippen LogP) is 3.00. The Hall–Kier alpha value is -0.380. The fourth-order valence-corrected chi connectivity index (χ4v) is 3.43. The molecule has 1 aliphatic heterocycles. The number of hydrogen-bond donors (Lipinski definition) is 1. The maximum atomic E-state index is 3.57. The summed E-state index contributed by atoms with van der Waals surface area (Å²) in [4.78, 5) is 4.18. The topological polar surface area (TPSA) is 15.3 Å². The van der Waals surface area contributed by atoms with Crippen LogP contribution in [-0.4, -0.2) is 37.6 Å². The van der Waals surface area contributed by atoms with Crippen LogP contribution in [0.1, 0.15) is 31.1 Å². The highest BCUT2D eigenvalue weighted by molar-refractivity contribution is 7.09. The van der Waals surface area contributed by atoms with E-state index >= 15 is 0 Å². The van der Waals surface area contributed by atoms with Crippen LogP contribution in [0.3, 0.4) is 0 Å². The van der Waals surface area contributed by atoms with Gasteiger partial charge in [-0.15, -0.1) is 11.3 Å². The maximum absolute atomic E-state index is 3.57. The Balaban J connectivity index is 1.66. The number of nitrogens with one attached hydrogen (secondary N) is 1. The van der Waals surface area contributed by atoms with Gasteiger partial charge in [0.15, 0.2) is 0 Å². The van der Waals surface area contributed by atoms with Gasteiger partial charge in [-0.1, -0.05) is 13.0 Å². The minimum absolute atomic E-state index is 0.869. The molecule has 1 aromatic heterocycles. The lowest BCUT2D eigenvalue weighted by atomic mass is 9.98. The number of hydrogen-bond acceptors (Lipinski definition) is 3. The molecule has 1 N–H and O–H groups in total. The third-order valence-electron chi connectivity index (χ3n) is 3.72. The van der Waals surface area contributed by atoms with E-state index in [1.54, 1.807) is 0 Å². The first-order chi connectivity index (χ1) is 8.88. The summed E-state index contributed by atoms with van der Waals surface area (Å²) in [5, 5.41) is 5.75. The van der Waals surface area contributed by atoms with Crippen LogP contribution in [0.25, 0.3) is 0 Å². The first-order valence-corrected chi connectivity index (χ1v) is 8.22. The van der Waals surface area contributed by atoms with E-state index in [9.17, 15) is 0 Å². The second-order valence-corrected chi connectivity index (χ2v) is 6.37. The summed E-state index contributed by atoms with van der Waals surface area (Å²) in [6, 6.07) is 4.42. The van der Waals surface area contributed by atoms with Gasteiger partial charge in [-0.25, -0.2) is 0 Å². The van der Waals surface area contributed by atoms with Crippen molar-refractivity contribution in [2.45, 2.75) is 32.6 Å². The van der Waals surface area contributed by atoms with Gasteiger partial charge >= 0.3 is 0 Å². The molecule has 0 aromatic carbocycles. The molecule has 0 aliphatic carbocycles. The zero-order valence-corrected chi connectivity index (χ0v) is 12.3. The number of nitrogens with zero attached hydrogens (tertiary/aromatic N) is 1. The molecule has 1 fully saturated rings. The summed E-state index contributed by atoms with van der Waals surface area (Å²) in [5.41, 5.74) is 0. The first kappa shape index (κ1) is 14.0. The van der Waals surface area contributed by atoms with Gasteiger partial charge in [-0.05, 0) is 62.7 Å². The molecule has 1 atom stereocenters. The molecule has 1 saturated heterocycles. The van der Waals surface area contributed by atoms with Crippen LogP contribution in [0.2, 0.25) is 0 Å². The molecular weight excluding hydrogens is 240 g/mol. The van der Waals surface area contributed by atoms with Gasteiger partial charge in [-0.2, -0.15) is 0 Å². The molecule has 2 rings (SSSR count). The average molecular weight is 266 g/mol. The first-order valence-electron chi connectivity index (χ1n) is 7.34. The Bertz CT molecular complexity index is 310. The number of likely N-dealkylation sites (tertiary alicyclic amines) is 1. The lowest BCUT2D eigenvalue weighted by molar-refractivity contribution is 0.174. The zero-order valence-electron chi connectivity index (χ0n) is 11.5. The van der Waals surface area contributed by atoms with Crippen LogP contribution >= 0.6 is 11.3 Å². The molecular formula is C15H26N2S. The molecule has 1 aliphatic rings. The summed E-state index contributed by atoms with van der Waals surface area (Å²) in [6.45, 7) is 8.46. The standard InChI is InChI=1S/C15H26N2S/c1-2-8-16-12-14-5-3-9-17(13-14)10-7-15-6-4-11-18-15/h4,6,11,14,16H,2-3,5,7-10,12-13H2,1H3. The molecule has 102 valence electrons. The Morgan fingerprint density at radius 1 is 1.50 bits per heavy atom. The highest BCUT2D eigenvalue weighted by Gasteiger charge is 2.19. The van der Waals surface area contributed by atoms with Crippen molar-refractivity contribution in [3.63, 3.8) is 0 Å². The van der Waals surface area contributed by atoms with Crippen molar-refractivity contribution >= 4 is 11.3 Å². The van der Waals surface area contributed by atoms with Gasteiger partial charge < -0.3 is 10.2 Å². The van der Waals surface area contributed by atoms with E-state index in [1.807, 2.05) is 11.3 Å². The minimum atomic E-state index is 0.869.